The van der Waals surface area contributed by atoms with Crippen molar-refractivity contribution in [3.8, 4) is 22.6 Å². The molecule has 0 fully saturated rings. The third-order valence-corrected chi connectivity index (χ3v) is 6.80. The van der Waals surface area contributed by atoms with Gasteiger partial charge < -0.3 is 14.6 Å². The standard InChI is InChI=1S/C30H34F4O3/c1-19(2)22-11-13-26(36-5)24(15-22)21-9-7-20(8-10-21)17-29(35,30(32,33)34)18-28(3,4)25-16-23(31)12-14-27(25)37-6/h7-16,19,35H,17-18H2,1-6H3. The predicted molar refractivity (Wildman–Crippen MR) is 138 cm³/mol. The zero-order chi connectivity index (χ0) is 27.6. The lowest BCUT2D eigenvalue weighted by Crippen LogP contribution is -2.50. The Balaban J connectivity index is 1.94. The molecule has 0 aromatic heterocycles. The highest BCUT2D eigenvalue weighted by Crippen LogP contribution is 2.45. The van der Waals surface area contributed by atoms with Crippen molar-refractivity contribution in [3.05, 3.63) is 83.2 Å². The monoisotopic (exact) mass is 518 g/mol. The Labute approximate surface area is 216 Å². The number of rotatable bonds is 9. The van der Waals surface area contributed by atoms with Gasteiger partial charge in [-0.25, -0.2) is 4.39 Å². The van der Waals surface area contributed by atoms with E-state index in [9.17, 15) is 22.7 Å². The van der Waals surface area contributed by atoms with Gasteiger partial charge in [0.25, 0.3) is 0 Å². The Morgan fingerprint density at radius 1 is 0.838 bits per heavy atom. The summed E-state index contributed by atoms with van der Waals surface area (Å²) in [7, 11) is 2.94. The van der Waals surface area contributed by atoms with Crippen LogP contribution in [0.1, 0.15) is 56.7 Å². The van der Waals surface area contributed by atoms with E-state index in [1.165, 1.54) is 33.1 Å². The maximum atomic E-state index is 14.3. The number of ether oxygens (including phenoxy) is 2. The summed E-state index contributed by atoms with van der Waals surface area (Å²) < 4.78 is 67.6. The molecule has 37 heavy (non-hydrogen) atoms. The molecule has 7 heteroatoms. The second-order valence-electron chi connectivity index (χ2n) is 10.4. The number of hydrogen-bond donors (Lipinski definition) is 1. The molecule has 1 atom stereocenters. The van der Waals surface area contributed by atoms with Gasteiger partial charge in [-0.15, -0.1) is 0 Å². The van der Waals surface area contributed by atoms with Crippen molar-refractivity contribution in [2.45, 2.75) is 63.6 Å². The number of alkyl halides is 3. The van der Waals surface area contributed by atoms with Gasteiger partial charge in [-0.05, 0) is 64.8 Å². The molecule has 0 bridgehead atoms. The molecule has 0 aliphatic heterocycles. The maximum absolute atomic E-state index is 14.3. The van der Waals surface area contributed by atoms with Crippen LogP contribution in [0.15, 0.2) is 60.7 Å². The molecule has 3 aromatic carbocycles. The first kappa shape index (κ1) is 28.5. The van der Waals surface area contributed by atoms with E-state index in [1.807, 2.05) is 18.2 Å². The van der Waals surface area contributed by atoms with Crippen LogP contribution in [0, 0.1) is 5.82 Å². The summed E-state index contributed by atoms with van der Waals surface area (Å²) >= 11 is 0. The topological polar surface area (TPSA) is 38.7 Å². The van der Waals surface area contributed by atoms with Gasteiger partial charge in [-0.3, -0.25) is 0 Å². The first-order valence-corrected chi connectivity index (χ1v) is 12.1. The summed E-state index contributed by atoms with van der Waals surface area (Å²) in [5.41, 5.74) is -0.974. The fraction of sp³-hybridized carbons (Fsp3) is 0.400. The van der Waals surface area contributed by atoms with Gasteiger partial charge in [0.1, 0.15) is 17.3 Å². The Kier molecular flexibility index (Phi) is 8.27. The highest BCUT2D eigenvalue weighted by atomic mass is 19.4. The first-order valence-electron chi connectivity index (χ1n) is 12.1. The normalized spacial score (nSPS) is 13.9. The lowest BCUT2D eigenvalue weighted by atomic mass is 9.72. The number of methoxy groups -OCH3 is 2. The van der Waals surface area contributed by atoms with Crippen molar-refractivity contribution < 1.29 is 32.1 Å². The van der Waals surface area contributed by atoms with E-state index in [0.717, 1.165) is 22.8 Å². The molecule has 3 aromatic rings. The molecule has 1 unspecified atom stereocenters. The van der Waals surface area contributed by atoms with Crippen LogP contribution in [-0.2, 0) is 11.8 Å². The van der Waals surface area contributed by atoms with E-state index in [2.05, 4.69) is 13.8 Å². The predicted octanol–water partition coefficient (Wildman–Crippen LogP) is 7.84. The smallest absolute Gasteiger partial charge is 0.417 e. The summed E-state index contributed by atoms with van der Waals surface area (Å²) in [4.78, 5) is 0. The molecular weight excluding hydrogens is 484 g/mol. The van der Waals surface area contributed by atoms with Crippen molar-refractivity contribution in [2.24, 2.45) is 0 Å². The minimum Gasteiger partial charge on any atom is -0.496 e. The van der Waals surface area contributed by atoms with E-state index >= 15 is 0 Å². The van der Waals surface area contributed by atoms with Crippen molar-refractivity contribution in [1.29, 1.82) is 0 Å². The van der Waals surface area contributed by atoms with E-state index < -0.39 is 35.9 Å². The van der Waals surface area contributed by atoms with Crippen LogP contribution in [0.5, 0.6) is 11.5 Å². The second kappa shape index (κ2) is 10.7. The fourth-order valence-corrected chi connectivity index (χ4v) is 4.75. The van der Waals surface area contributed by atoms with Crippen molar-refractivity contribution in [2.75, 3.05) is 14.2 Å². The van der Waals surface area contributed by atoms with Crippen LogP contribution in [0.3, 0.4) is 0 Å². The zero-order valence-electron chi connectivity index (χ0n) is 22.0. The average Bonchev–Trinajstić information content (AvgIpc) is 2.83. The zero-order valence-corrected chi connectivity index (χ0v) is 22.0. The maximum Gasteiger partial charge on any atom is 0.417 e. The summed E-state index contributed by atoms with van der Waals surface area (Å²) in [5, 5.41) is 11.0. The molecule has 0 aliphatic carbocycles. The quantitative estimate of drug-likeness (QED) is 0.293. The number of aliphatic hydroxyl groups is 1. The first-order chi connectivity index (χ1) is 17.2. The molecule has 0 amide bonds. The van der Waals surface area contributed by atoms with E-state index in [4.69, 9.17) is 9.47 Å². The Morgan fingerprint density at radius 3 is 1.97 bits per heavy atom. The van der Waals surface area contributed by atoms with Crippen LogP contribution in [-0.4, -0.2) is 31.1 Å². The van der Waals surface area contributed by atoms with Gasteiger partial charge in [-0.2, -0.15) is 13.2 Å². The number of halogens is 4. The summed E-state index contributed by atoms with van der Waals surface area (Å²) in [6.07, 6.45) is -6.26. The van der Waals surface area contributed by atoms with Gasteiger partial charge >= 0.3 is 6.18 Å². The fourth-order valence-electron chi connectivity index (χ4n) is 4.75. The van der Waals surface area contributed by atoms with Crippen molar-refractivity contribution in [3.63, 3.8) is 0 Å². The molecular formula is C30H34F4O3. The lowest BCUT2D eigenvalue weighted by molar-refractivity contribution is -0.266. The van der Waals surface area contributed by atoms with Gasteiger partial charge in [0.05, 0.1) is 14.2 Å². The highest BCUT2D eigenvalue weighted by Gasteiger charge is 2.56. The van der Waals surface area contributed by atoms with Gasteiger partial charge in [-0.1, -0.05) is 58.0 Å². The molecule has 0 saturated carbocycles. The number of benzene rings is 3. The van der Waals surface area contributed by atoms with E-state index in [1.54, 1.807) is 31.4 Å². The molecule has 0 radical (unpaired) electrons. The van der Waals surface area contributed by atoms with Gasteiger partial charge in [0.2, 0.25) is 0 Å². The highest BCUT2D eigenvalue weighted by molar-refractivity contribution is 5.71. The lowest BCUT2D eigenvalue weighted by Gasteiger charge is -2.38. The third kappa shape index (κ3) is 6.27. The van der Waals surface area contributed by atoms with E-state index in [0.29, 0.717) is 17.2 Å². The van der Waals surface area contributed by atoms with Crippen LogP contribution < -0.4 is 9.47 Å². The van der Waals surface area contributed by atoms with Crippen LogP contribution >= 0.6 is 0 Å². The van der Waals surface area contributed by atoms with Gasteiger partial charge in [0, 0.05) is 17.5 Å². The van der Waals surface area contributed by atoms with E-state index in [-0.39, 0.29) is 11.3 Å². The molecule has 0 aliphatic rings. The van der Waals surface area contributed by atoms with Crippen LogP contribution in [0.25, 0.3) is 11.1 Å². The molecule has 0 saturated heterocycles. The van der Waals surface area contributed by atoms with Crippen LogP contribution in [0.2, 0.25) is 0 Å². The summed E-state index contributed by atoms with van der Waals surface area (Å²) in [5.74, 6) is 0.630. The largest absolute Gasteiger partial charge is 0.496 e. The van der Waals surface area contributed by atoms with Crippen molar-refractivity contribution in [1.82, 2.24) is 0 Å². The Morgan fingerprint density at radius 2 is 1.43 bits per heavy atom. The summed E-state index contributed by atoms with van der Waals surface area (Å²) in [6, 6.07) is 16.2. The van der Waals surface area contributed by atoms with Crippen molar-refractivity contribution >= 4 is 0 Å². The average molecular weight is 519 g/mol. The minimum atomic E-state index is -4.92. The molecule has 1 N–H and O–H groups in total. The van der Waals surface area contributed by atoms with Crippen LogP contribution in [0.4, 0.5) is 17.6 Å². The Hall–Kier alpha value is -3.06. The molecule has 3 rings (SSSR count). The number of hydrogen-bond acceptors (Lipinski definition) is 3. The summed E-state index contributed by atoms with van der Waals surface area (Å²) in [6.45, 7) is 7.23. The SMILES string of the molecule is COc1ccc(C(C)C)cc1-c1ccc(CC(O)(CC(C)(C)c2cc(F)ccc2OC)C(F)(F)F)cc1. The van der Waals surface area contributed by atoms with Gasteiger partial charge in [0.15, 0.2) is 5.60 Å². The third-order valence-electron chi connectivity index (χ3n) is 6.80. The molecule has 200 valence electrons. The molecule has 0 heterocycles. The minimum absolute atomic E-state index is 0.255. The molecule has 3 nitrogen and oxygen atoms in total. The Bertz CT molecular complexity index is 1220. The second-order valence-corrected chi connectivity index (χ2v) is 10.4. The molecule has 0 spiro atoms.